The molecule has 0 saturated heterocycles. The first-order valence-electron chi connectivity index (χ1n) is 7.25. The molecule has 1 heteroatoms. The summed E-state index contributed by atoms with van der Waals surface area (Å²) in [5, 5.41) is 0. The number of unbranched alkanes of at least 4 members (excludes halogenated alkanes) is 2. The van der Waals surface area contributed by atoms with Gasteiger partial charge in [-0.05, 0) is 42.0 Å². The number of allylic oxidation sites excluding steroid dienone is 3. The van der Waals surface area contributed by atoms with Crippen molar-refractivity contribution in [3.63, 3.8) is 0 Å². The number of rotatable bonds is 8. The van der Waals surface area contributed by atoms with Crippen molar-refractivity contribution in [2.24, 2.45) is 5.92 Å². The lowest BCUT2D eigenvalue weighted by Gasteiger charge is -2.06. The Bertz CT molecular complexity index is 400. The van der Waals surface area contributed by atoms with Crippen LogP contribution in [0.3, 0.4) is 0 Å². The molecular weight excluding hydrogens is 235 g/mol. The van der Waals surface area contributed by atoms with E-state index in [0.29, 0.717) is 0 Å². The molecule has 1 rings (SSSR count). The average molecular weight is 260 g/mol. The first kappa shape index (κ1) is 15.7. The Balaban J connectivity index is 2.25. The topological polar surface area (TPSA) is 0 Å². The van der Waals surface area contributed by atoms with E-state index in [1.165, 1.54) is 37.8 Å². The van der Waals surface area contributed by atoms with Crippen molar-refractivity contribution < 1.29 is 4.39 Å². The van der Waals surface area contributed by atoms with Gasteiger partial charge >= 0.3 is 0 Å². The minimum Gasteiger partial charge on any atom is -0.207 e. The minimum absolute atomic E-state index is 0.203. The third kappa shape index (κ3) is 6.37. The van der Waals surface area contributed by atoms with E-state index in [-0.39, 0.29) is 5.82 Å². The summed E-state index contributed by atoms with van der Waals surface area (Å²) in [6.45, 7) is 8.56. The van der Waals surface area contributed by atoms with Gasteiger partial charge in [-0.2, -0.15) is 0 Å². The molecule has 0 spiro atoms. The fourth-order valence-electron chi connectivity index (χ4n) is 1.94. The van der Waals surface area contributed by atoms with Crippen LogP contribution < -0.4 is 0 Å². The molecule has 0 bridgehead atoms. The summed E-state index contributed by atoms with van der Waals surface area (Å²) in [7, 11) is 0. The number of hydrogen-bond donors (Lipinski definition) is 0. The number of benzene rings is 1. The minimum atomic E-state index is -0.203. The normalized spacial score (nSPS) is 12.8. The van der Waals surface area contributed by atoms with Crippen LogP contribution >= 0.6 is 0 Å². The molecule has 0 aromatic heterocycles. The van der Waals surface area contributed by atoms with Crippen molar-refractivity contribution in [2.75, 3.05) is 0 Å². The van der Waals surface area contributed by atoms with Gasteiger partial charge in [0, 0.05) is 0 Å². The van der Waals surface area contributed by atoms with Crippen LogP contribution in [-0.4, -0.2) is 0 Å². The second kappa shape index (κ2) is 8.68. The van der Waals surface area contributed by atoms with Crippen LogP contribution in [0, 0.1) is 11.7 Å². The van der Waals surface area contributed by atoms with Gasteiger partial charge < -0.3 is 0 Å². The quantitative estimate of drug-likeness (QED) is 0.397. The van der Waals surface area contributed by atoms with Gasteiger partial charge in [-0.3, -0.25) is 0 Å². The monoisotopic (exact) mass is 260 g/mol. The Hall–Kier alpha value is -1.37. The number of halogens is 1. The second-order valence-corrected chi connectivity index (χ2v) is 5.23. The maximum Gasteiger partial charge on any atom is 0.123 e. The highest BCUT2D eigenvalue weighted by atomic mass is 19.1. The molecule has 0 amide bonds. The molecule has 1 aromatic carbocycles. The van der Waals surface area contributed by atoms with Crippen LogP contribution in [0.15, 0.2) is 43.0 Å². The fraction of sp³-hybridized carbons (Fsp3) is 0.444. The Kier molecular flexibility index (Phi) is 7.17. The zero-order valence-corrected chi connectivity index (χ0v) is 12.2. The lowest BCUT2D eigenvalue weighted by Crippen LogP contribution is -1.90. The molecule has 0 aliphatic rings. The van der Waals surface area contributed by atoms with E-state index in [9.17, 15) is 4.39 Å². The molecule has 0 N–H and O–H groups in total. The van der Waals surface area contributed by atoms with E-state index in [0.717, 1.165) is 23.5 Å². The lowest BCUT2D eigenvalue weighted by molar-refractivity contribution is 0.486. The molecule has 0 radical (unpaired) electrons. The summed E-state index contributed by atoms with van der Waals surface area (Å²) >= 11 is 0. The SMILES string of the molecule is C=C(/C=C/CCCCC(C)CC)c1ccc(F)cc1. The van der Waals surface area contributed by atoms with Gasteiger partial charge in [-0.1, -0.05) is 64.0 Å². The van der Waals surface area contributed by atoms with E-state index >= 15 is 0 Å². The Labute approximate surface area is 117 Å². The molecule has 0 aliphatic heterocycles. The van der Waals surface area contributed by atoms with Gasteiger partial charge in [-0.15, -0.1) is 0 Å². The zero-order chi connectivity index (χ0) is 14.1. The van der Waals surface area contributed by atoms with Crippen LogP contribution in [0.5, 0.6) is 0 Å². The van der Waals surface area contributed by atoms with Gasteiger partial charge in [0.2, 0.25) is 0 Å². The first-order valence-corrected chi connectivity index (χ1v) is 7.25. The Morgan fingerprint density at radius 1 is 1.26 bits per heavy atom. The third-order valence-electron chi connectivity index (χ3n) is 3.55. The van der Waals surface area contributed by atoms with Gasteiger partial charge in [0.05, 0.1) is 0 Å². The summed E-state index contributed by atoms with van der Waals surface area (Å²) in [6.07, 6.45) is 10.4. The molecule has 1 atom stereocenters. The molecule has 1 unspecified atom stereocenters. The van der Waals surface area contributed by atoms with E-state index in [1.54, 1.807) is 12.1 Å². The van der Waals surface area contributed by atoms with Gasteiger partial charge in [-0.25, -0.2) is 4.39 Å². The van der Waals surface area contributed by atoms with Crippen molar-refractivity contribution in [1.82, 2.24) is 0 Å². The largest absolute Gasteiger partial charge is 0.207 e. The first-order chi connectivity index (χ1) is 9.13. The van der Waals surface area contributed by atoms with Crippen molar-refractivity contribution in [3.05, 3.63) is 54.4 Å². The highest BCUT2D eigenvalue weighted by Crippen LogP contribution is 2.16. The van der Waals surface area contributed by atoms with Crippen LogP contribution in [0.1, 0.15) is 51.5 Å². The molecular formula is C18H25F. The maximum absolute atomic E-state index is 12.8. The third-order valence-corrected chi connectivity index (χ3v) is 3.55. The maximum atomic E-state index is 12.8. The van der Waals surface area contributed by atoms with E-state index < -0.39 is 0 Å². The molecule has 0 aliphatic carbocycles. The molecule has 0 fully saturated rings. The van der Waals surface area contributed by atoms with Crippen LogP contribution in [0.4, 0.5) is 4.39 Å². The molecule has 1 aromatic rings. The Morgan fingerprint density at radius 2 is 1.95 bits per heavy atom. The summed E-state index contributed by atoms with van der Waals surface area (Å²) in [4.78, 5) is 0. The summed E-state index contributed by atoms with van der Waals surface area (Å²) in [6, 6.07) is 6.48. The summed E-state index contributed by atoms with van der Waals surface area (Å²) in [5.74, 6) is 0.642. The molecule has 0 heterocycles. The number of hydrogen-bond acceptors (Lipinski definition) is 0. The standard InChI is InChI=1S/C18H25F/c1-4-15(2)9-7-5-6-8-10-16(3)17-11-13-18(19)14-12-17/h8,10-15H,3-7,9H2,1-2H3/b10-8+. The highest BCUT2D eigenvalue weighted by Gasteiger charge is 1.98. The smallest absolute Gasteiger partial charge is 0.123 e. The van der Waals surface area contributed by atoms with Crippen molar-refractivity contribution in [2.45, 2.75) is 46.0 Å². The Morgan fingerprint density at radius 3 is 2.58 bits per heavy atom. The molecule has 0 saturated carbocycles. The average Bonchev–Trinajstić information content (AvgIpc) is 2.42. The van der Waals surface area contributed by atoms with Crippen molar-refractivity contribution in [1.29, 1.82) is 0 Å². The van der Waals surface area contributed by atoms with Crippen LogP contribution in [-0.2, 0) is 0 Å². The predicted octanol–water partition coefficient (Wildman–Crippen LogP) is 6.00. The van der Waals surface area contributed by atoms with Gasteiger partial charge in [0.15, 0.2) is 0 Å². The van der Waals surface area contributed by atoms with E-state index in [4.69, 9.17) is 0 Å². The van der Waals surface area contributed by atoms with Gasteiger partial charge in [0.25, 0.3) is 0 Å². The van der Waals surface area contributed by atoms with Gasteiger partial charge in [0.1, 0.15) is 5.82 Å². The summed E-state index contributed by atoms with van der Waals surface area (Å²) in [5.41, 5.74) is 1.93. The zero-order valence-electron chi connectivity index (χ0n) is 12.2. The molecule has 104 valence electrons. The van der Waals surface area contributed by atoms with Crippen molar-refractivity contribution in [3.8, 4) is 0 Å². The predicted molar refractivity (Wildman–Crippen MR) is 82.5 cm³/mol. The molecule has 19 heavy (non-hydrogen) atoms. The molecule has 0 nitrogen and oxygen atoms in total. The van der Waals surface area contributed by atoms with E-state index in [2.05, 4.69) is 26.5 Å². The summed E-state index contributed by atoms with van der Waals surface area (Å²) < 4.78 is 12.8. The highest BCUT2D eigenvalue weighted by molar-refractivity contribution is 5.71. The van der Waals surface area contributed by atoms with Crippen LogP contribution in [0.2, 0.25) is 0 Å². The van der Waals surface area contributed by atoms with E-state index in [1.807, 2.05) is 6.08 Å². The second-order valence-electron chi connectivity index (χ2n) is 5.23. The van der Waals surface area contributed by atoms with Crippen molar-refractivity contribution >= 4 is 5.57 Å². The lowest BCUT2D eigenvalue weighted by atomic mass is 10.0. The van der Waals surface area contributed by atoms with Crippen LogP contribution in [0.25, 0.3) is 5.57 Å². The fourth-order valence-corrected chi connectivity index (χ4v) is 1.94.